The maximum absolute atomic E-state index is 10.9. The minimum Gasteiger partial charge on any atom is -0.507 e. The first kappa shape index (κ1) is 28.1. The number of aromatic hydroxyl groups is 2. The Hall–Kier alpha value is -1.96. The number of phenolic OH excluding ortho intramolecular Hbond substituents is 2. The van der Waals surface area contributed by atoms with Crippen LogP contribution in [0.3, 0.4) is 0 Å². The Morgan fingerprint density at radius 3 is 1.72 bits per heavy atom. The van der Waals surface area contributed by atoms with Crippen LogP contribution >= 0.6 is 0 Å². The van der Waals surface area contributed by atoms with Gasteiger partial charge in [0, 0.05) is 16.7 Å². The Labute approximate surface area is 198 Å². The van der Waals surface area contributed by atoms with Gasteiger partial charge >= 0.3 is 0 Å². The molecule has 1 aromatic rings. The summed E-state index contributed by atoms with van der Waals surface area (Å²) in [5.41, 5.74) is 3.30. The zero-order chi connectivity index (χ0) is 23.9. The summed E-state index contributed by atoms with van der Waals surface area (Å²) in [6, 6.07) is 0. The lowest BCUT2D eigenvalue weighted by Crippen LogP contribution is -2.02. The molecule has 2 heteroatoms. The van der Waals surface area contributed by atoms with Crippen LogP contribution in [0.4, 0.5) is 0 Å². The van der Waals surface area contributed by atoms with E-state index < -0.39 is 0 Å². The van der Waals surface area contributed by atoms with Crippen molar-refractivity contribution in [2.24, 2.45) is 0 Å². The number of allylic oxidation sites excluding steroid dienone is 5. The van der Waals surface area contributed by atoms with Crippen molar-refractivity contribution in [1.82, 2.24) is 0 Å². The van der Waals surface area contributed by atoms with E-state index in [0.717, 1.165) is 47.9 Å². The molecule has 0 aromatic heterocycles. The third-order valence-electron chi connectivity index (χ3n) is 6.08. The van der Waals surface area contributed by atoms with Crippen LogP contribution in [0.15, 0.2) is 30.4 Å². The molecular formula is C30H48O2. The molecule has 0 bridgehead atoms. The average molecular weight is 441 g/mol. The highest BCUT2D eigenvalue weighted by atomic mass is 16.3. The molecule has 0 heterocycles. The number of rotatable bonds is 15. The summed E-state index contributed by atoms with van der Waals surface area (Å²) in [6.45, 7) is 12.4. The van der Waals surface area contributed by atoms with Crippen molar-refractivity contribution < 1.29 is 10.2 Å². The second-order valence-corrected chi connectivity index (χ2v) is 9.59. The Morgan fingerprint density at radius 1 is 0.656 bits per heavy atom. The van der Waals surface area contributed by atoms with Crippen LogP contribution in [0.5, 0.6) is 11.5 Å². The topological polar surface area (TPSA) is 40.5 Å². The van der Waals surface area contributed by atoms with Gasteiger partial charge in [0.2, 0.25) is 0 Å². The Balaban J connectivity index is 2.47. The van der Waals surface area contributed by atoms with Gasteiger partial charge in [0.05, 0.1) is 0 Å². The normalized spacial score (nSPS) is 12.5. The van der Waals surface area contributed by atoms with E-state index in [4.69, 9.17) is 0 Å². The summed E-state index contributed by atoms with van der Waals surface area (Å²) in [5, 5.41) is 21.7. The van der Waals surface area contributed by atoms with Crippen molar-refractivity contribution in [1.29, 1.82) is 0 Å². The predicted octanol–water partition coefficient (Wildman–Crippen LogP) is 9.70. The molecule has 2 nitrogen and oxygen atoms in total. The first-order chi connectivity index (χ1) is 15.3. The molecule has 0 aliphatic rings. The zero-order valence-corrected chi connectivity index (χ0v) is 21.6. The quantitative estimate of drug-likeness (QED) is 0.162. The molecule has 0 fully saturated rings. The van der Waals surface area contributed by atoms with E-state index in [-0.39, 0.29) is 11.8 Å². The van der Waals surface area contributed by atoms with Gasteiger partial charge in [0.15, 0.2) is 0 Å². The van der Waals surface area contributed by atoms with Gasteiger partial charge in [0.25, 0.3) is 0 Å². The Bertz CT molecular complexity index is 751. The number of hydrogen-bond acceptors (Lipinski definition) is 2. The fourth-order valence-corrected chi connectivity index (χ4v) is 4.29. The molecule has 32 heavy (non-hydrogen) atoms. The first-order valence-corrected chi connectivity index (χ1v) is 12.9. The van der Waals surface area contributed by atoms with Crippen LogP contribution in [-0.4, -0.2) is 10.2 Å². The minimum absolute atomic E-state index is 0.150. The van der Waals surface area contributed by atoms with Crippen molar-refractivity contribution in [2.45, 2.75) is 118 Å². The summed E-state index contributed by atoms with van der Waals surface area (Å²) in [5.74, 6) is 0.993. The number of hydrogen-bond donors (Lipinski definition) is 2. The molecule has 0 amide bonds. The average Bonchev–Trinajstić information content (AvgIpc) is 2.73. The Kier molecular flexibility index (Phi) is 13.8. The van der Waals surface area contributed by atoms with Gasteiger partial charge in [-0.05, 0) is 69.3 Å². The summed E-state index contributed by atoms with van der Waals surface area (Å²) >= 11 is 0. The molecule has 1 aromatic carbocycles. The van der Waals surface area contributed by atoms with Crippen molar-refractivity contribution in [3.8, 4) is 11.5 Å². The Morgan fingerprint density at radius 2 is 1.19 bits per heavy atom. The summed E-state index contributed by atoms with van der Waals surface area (Å²) < 4.78 is 0. The van der Waals surface area contributed by atoms with Gasteiger partial charge in [-0.1, -0.05) is 90.3 Å². The van der Waals surface area contributed by atoms with E-state index >= 15 is 0 Å². The van der Waals surface area contributed by atoms with Gasteiger partial charge in [0.1, 0.15) is 11.5 Å². The van der Waals surface area contributed by atoms with E-state index in [1.165, 1.54) is 38.5 Å². The smallest absolute Gasteiger partial charge is 0.126 e. The van der Waals surface area contributed by atoms with Crippen molar-refractivity contribution in [3.63, 3.8) is 0 Å². The van der Waals surface area contributed by atoms with Crippen LogP contribution in [0.2, 0.25) is 0 Å². The highest BCUT2D eigenvalue weighted by molar-refractivity contribution is 5.70. The highest BCUT2D eigenvalue weighted by Crippen LogP contribution is 2.44. The molecule has 0 spiro atoms. The van der Waals surface area contributed by atoms with Crippen LogP contribution in [0, 0.1) is 6.92 Å². The van der Waals surface area contributed by atoms with Gasteiger partial charge in [-0.2, -0.15) is 0 Å². The van der Waals surface area contributed by atoms with E-state index in [1.54, 1.807) is 0 Å². The molecular weight excluding hydrogens is 392 g/mol. The molecule has 1 rings (SSSR count). The summed E-state index contributed by atoms with van der Waals surface area (Å²) in [7, 11) is 0. The van der Waals surface area contributed by atoms with Crippen molar-refractivity contribution in [3.05, 3.63) is 52.6 Å². The predicted molar refractivity (Wildman–Crippen MR) is 142 cm³/mol. The molecule has 0 aliphatic heterocycles. The van der Waals surface area contributed by atoms with Crippen molar-refractivity contribution >= 4 is 6.08 Å². The fraction of sp³-hybridized carbons (Fsp3) is 0.600. The maximum Gasteiger partial charge on any atom is 0.126 e. The molecule has 180 valence electrons. The van der Waals surface area contributed by atoms with E-state index in [9.17, 15) is 10.2 Å². The molecule has 0 atom stereocenters. The lowest BCUT2D eigenvalue weighted by Gasteiger charge is -2.22. The standard InChI is InChI=1S/C30H48O2/c1-7-8-9-10-11-12-13-14-15-16-17-18-19-20-21-22-26-28(24(4)5)30(32)27(23(2)3)25(6)29(26)31/h11-12,14-15,21-24,31-32H,7-10,13,16-20H2,1-6H3. The molecule has 0 aliphatic carbocycles. The highest BCUT2D eigenvalue weighted by Gasteiger charge is 2.23. The number of phenols is 2. The molecule has 0 radical (unpaired) electrons. The van der Waals surface area contributed by atoms with Gasteiger partial charge in [-0.15, -0.1) is 0 Å². The third-order valence-corrected chi connectivity index (χ3v) is 6.08. The monoisotopic (exact) mass is 440 g/mol. The van der Waals surface area contributed by atoms with Crippen molar-refractivity contribution in [2.75, 3.05) is 0 Å². The second-order valence-electron chi connectivity index (χ2n) is 9.59. The SMILES string of the molecule is CCCCCC=CCC=CCCCCCC=Cc1c(O)c(C)c(C(C)C)c(O)c1C(C)C. The summed E-state index contributed by atoms with van der Waals surface area (Å²) in [6.07, 6.45) is 25.3. The third kappa shape index (κ3) is 9.27. The van der Waals surface area contributed by atoms with Gasteiger partial charge < -0.3 is 10.2 Å². The molecule has 0 saturated heterocycles. The second kappa shape index (κ2) is 15.8. The largest absolute Gasteiger partial charge is 0.507 e. The van der Waals surface area contributed by atoms with Crippen LogP contribution in [-0.2, 0) is 0 Å². The van der Waals surface area contributed by atoms with E-state index in [2.05, 4.69) is 65.0 Å². The minimum atomic E-state index is 0.150. The molecule has 2 N–H and O–H groups in total. The number of unbranched alkanes of at least 4 members (excludes halogenated alkanes) is 7. The lowest BCUT2D eigenvalue weighted by molar-refractivity contribution is 0.437. The van der Waals surface area contributed by atoms with Crippen LogP contribution in [0.1, 0.15) is 133 Å². The summed E-state index contributed by atoms with van der Waals surface area (Å²) in [4.78, 5) is 0. The van der Waals surface area contributed by atoms with Gasteiger partial charge in [-0.3, -0.25) is 0 Å². The fourth-order valence-electron chi connectivity index (χ4n) is 4.29. The zero-order valence-electron chi connectivity index (χ0n) is 21.6. The lowest BCUT2D eigenvalue weighted by atomic mass is 9.85. The van der Waals surface area contributed by atoms with Crippen LogP contribution in [0.25, 0.3) is 6.08 Å². The molecule has 0 saturated carbocycles. The first-order valence-electron chi connectivity index (χ1n) is 12.9. The maximum atomic E-state index is 10.9. The van der Waals surface area contributed by atoms with E-state index in [0.29, 0.717) is 11.5 Å². The van der Waals surface area contributed by atoms with E-state index in [1.807, 2.05) is 13.0 Å². The number of benzene rings is 1. The van der Waals surface area contributed by atoms with Crippen LogP contribution < -0.4 is 0 Å². The molecule has 0 unspecified atom stereocenters. The van der Waals surface area contributed by atoms with Gasteiger partial charge in [-0.25, -0.2) is 0 Å².